The molecule has 0 radical (unpaired) electrons. The van der Waals surface area contributed by atoms with Crippen LogP contribution in [0.3, 0.4) is 0 Å². The maximum Gasteiger partial charge on any atom is 0.198 e. The molecule has 0 fully saturated rings. The highest BCUT2D eigenvalue weighted by Crippen LogP contribution is 2.25. The average molecular weight is 271 g/mol. The fraction of sp³-hybridized carbons (Fsp3) is 0. The SMILES string of the molecule is Clc1nccn2c(-c3n[nH]c4ccccc34)nnc12. The summed E-state index contributed by atoms with van der Waals surface area (Å²) in [6.45, 7) is 0. The van der Waals surface area contributed by atoms with Gasteiger partial charge in [-0.1, -0.05) is 29.8 Å². The molecule has 92 valence electrons. The maximum atomic E-state index is 5.99. The van der Waals surface area contributed by atoms with E-state index < -0.39 is 0 Å². The normalized spacial score (nSPS) is 11.4. The Balaban J connectivity index is 2.07. The number of H-pyrrole nitrogens is 1. The van der Waals surface area contributed by atoms with Gasteiger partial charge in [-0.05, 0) is 6.07 Å². The molecule has 19 heavy (non-hydrogen) atoms. The van der Waals surface area contributed by atoms with Gasteiger partial charge in [0.05, 0.1) is 5.52 Å². The lowest BCUT2D eigenvalue weighted by Crippen LogP contribution is -1.91. The van der Waals surface area contributed by atoms with Crippen molar-refractivity contribution < 1.29 is 0 Å². The number of hydrogen-bond donors (Lipinski definition) is 1. The summed E-state index contributed by atoms with van der Waals surface area (Å²) in [4.78, 5) is 3.98. The van der Waals surface area contributed by atoms with Gasteiger partial charge in [0, 0.05) is 17.8 Å². The molecule has 4 rings (SSSR count). The summed E-state index contributed by atoms with van der Waals surface area (Å²) in [5.74, 6) is 0.636. The molecule has 0 bridgehead atoms. The van der Waals surface area contributed by atoms with E-state index in [9.17, 15) is 0 Å². The maximum absolute atomic E-state index is 5.99. The van der Waals surface area contributed by atoms with E-state index in [2.05, 4.69) is 25.4 Å². The summed E-state index contributed by atoms with van der Waals surface area (Å²) in [6, 6.07) is 7.85. The second-order valence-corrected chi connectivity index (χ2v) is 4.41. The van der Waals surface area contributed by atoms with Gasteiger partial charge in [0.2, 0.25) is 0 Å². The van der Waals surface area contributed by atoms with E-state index in [1.165, 1.54) is 0 Å². The van der Waals surface area contributed by atoms with E-state index in [1.54, 1.807) is 16.8 Å². The first-order valence-electron chi connectivity index (χ1n) is 5.63. The zero-order chi connectivity index (χ0) is 12.8. The van der Waals surface area contributed by atoms with E-state index in [-0.39, 0.29) is 0 Å². The minimum absolute atomic E-state index is 0.320. The number of aromatic amines is 1. The number of nitrogens with one attached hydrogen (secondary N) is 1. The first-order valence-corrected chi connectivity index (χ1v) is 6.01. The number of aromatic nitrogens is 6. The van der Waals surface area contributed by atoms with Crippen LogP contribution in [0.25, 0.3) is 28.1 Å². The van der Waals surface area contributed by atoms with Crippen molar-refractivity contribution in [1.82, 2.24) is 29.8 Å². The number of benzene rings is 1. The van der Waals surface area contributed by atoms with Crippen LogP contribution in [-0.2, 0) is 0 Å². The van der Waals surface area contributed by atoms with Crippen LogP contribution < -0.4 is 0 Å². The molecular formula is C12H7ClN6. The molecular weight excluding hydrogens is 264 g/mol. The van der Waals surface area contributed by atoms with Crippen LogP contribution in [-0.4, -0.2) is 29.8 Å². The third-order valence-electron chi connectivity index (χ3n) is 2.97. The van der Waals surface area contributed by atoms with Gasteiger partial charge in [0.25, 0.3) is 0 Å². The number of hydrogen-bond acceptors (Lipinski definition) is 4. The lowest BCUT2D eigenvalue weighted by atomic mass is 10.2. The summed E-state index contributed by atoms with van der Waals surface area (Å²) in [7, 11) is 0. The minimum Gasteiger partial charge on any atom is -0.277 e. The largest absolute Gasteiger partial charge is 0.277 e. The molecule has 0 aliphatic carbocycles. The molecule has 0 saturated heterocycles. The highest BCUT2D eigenvalue weighted by Gasteiger charge is 2.15. The molecule has 0 aliphatic rings. The second-order valence-electron chi connectivity index (χ2n) is 4.05. The van der Waals surface area contributed by atoms with Crippen molar-refractivity contribution in [2.75, 3.05) is 0 Å². The second kappa shape index (κ2) is 3.76. The van der Waals surface area contributed by atoms with Crippen LogP contribution >= 0.6 is 11.6 Å². The summed E-state index contributed by atoms with van der Waals surface area (Å²) < 4.78 is 1.78. The minimum atomic E-state index is 0.320. The highest BCUT2D eigenvalue weighted by molar-refractivity contribution is 6.32. The fourth-order valence-corrected chi connectivity index (χ4v) is 2.28. The topological polar surface area (TPSA) is 71.8 Å². The lowest BCUT2D eigenvalue weighted by Gasteiger charge is -1.97. The third kappa shape index (κ3) is 1.43. The van der Waals surface area contributed by atoms with Crippen molar-refractivity contribution >= 4 is 28.2 Å². The van der Waals surface area contributed by atoms with Gasteiger partial charge in [0.15, 0.2) is 16.6 Å². The Kier molecular flexibility index (Phi) is 2.07. The molecule has 4 aromatic rings. The van der Waals surface area contributed by atoms with Crippen LogP contribution in [0.1, 0.15) is 0 Å². The highest BCUT2D eigenvalue weighted by atomic mass is 35.5. The van der Waals surface area contributed by atoms with Crippen LogP contribution in [0.4, 0.5) is 0 Å². The van der Waals surface area contributed by atoms with Gasteiger partial charge in [-0.15, -0.1) is 10.2 Å². The lowest BCUT2D eigenvalue weighted by molar-refractivity contribution is 1.05. The van der Waals surface area contributed by atoms with E-state index >= 15 is 0 Å². The number of nitrogens with zero attached hydrogens (tertiary/aromatic N) is 5. The molecule has 0 unspecified atom stereocenters. The summed E-state index contributed by atoms with van der Waals surface area (Å²) >= 11 is 5.99. The monoisotopic (exact) mass is 270 g/mol. The molecule has 1 N–H and O–H groups in total. The van der Waals surface area contributed by atoms with Crippen molar-refractivity contribution in [3.63, 3.8) is 0 Å². The van der Waals surface area contributed by atoms with E-state index in [0.717, 1.165) is 16.6 Å². The van der Waals surface area contributed by atoms with Crippen molar-refractivity contribution in [1.29, 1.82) is 0 Å². The Morgan fingerprint density at radius 1 is 1.16 bits per heavy atom. The number of fused-ring (bicyclic) bond motifs is 2. The molecule has 1 aromatic carbocycles. The predicted molar refractivity (Wildman–Crippen MR) is 70.9 cm³/mol. The molecule has 0 aliphatic heterocycles. The van der Waals surface area contributed by atoms with E-state index in [4.69, 9.17) is 11.6 Å². The van der Waals surface area contributed by atoms with Crippen LogP contribution in [0.2, 0.25) is 5.15 Å². The van der Waals surface area contributed by atoms with Crippen LogP contribution in [0, 0.1) is 0 Å². The van der Waals surface area contributed by atoms with Gasteiger partial charge in [0.1, 0.15) is 5.69 Å². The quantitative estimate of drug-likeness (QED) is 0.576. The molecule has 6 nitrogen and oxygen atoms in total. The smallest absolute Gasteiger partial charge is 0.198 e. The number of halogens is 1. The predicted octanol–water partition coefficient (Wildman–Crippen LogP) is 2.32. The molecule has 3 heterocycles. The first kappa shape index (κ1) is 10.5. The van der Waals surface area contributed by atoms with Crippen molar-refractivity contribution in [2.45, 2.75) is 0 Å². The first-order chi connectivity index (χ1) is 9.34. The molecule has 7 heteroatoms. The van der Waals surface area contributed by atoms with Crippen LogP contribution in [0.5, 0.6) is 0 Å². The van der Waals surface area contributed by atoms with Gasteiger partial charge in [-0.2, -0.15) is 5.10 Å². The number of para-hydroxylation sites is 1. The Morgan fingerprint density at radius 2 is 2.05 bits per heavy atom. The van der Waals surface area contributed by atoms with E-state index in [1.807, 2.05) is 24.3 Å². The van der Waals surface area contributed by atoms with Crippen molar-refractivity contribution in [3.8, 4) is 11.5 Å². The Bertz CT molecular complexity index is 893. The zero-order valence-corrected chi connectivity index (χ0v) is 10.3. The summed E-state index contributed by atoms with van der Waals surface area (Å²) in [6.07, 6.45) is 3.37. The molecule has 0 spiro atoms. The average Bonchev–Trinajstić information content (AvgIpc) is 3.02. The molecule has 3 aromatic heterocycles. The van der Waals surface area contributed by atoms with Crippen molar-refractivity contribution in [2.24, 2.45) is 0 Å². The molecule has 0 amide bonds. The number of rotatable bonds is 1. The summed E-state index contributed by atoms with van der Waals surface area (Å²) in [5.41, 5.74) is 2.21. The van der Waals surface area contributed by atoms with E-state index in [0.29, 0.717) is 16.6 Å². The zero-order valence-electron chi connectivity index (χ0n) is 9.58. The Morgan fingerprint density at radius 3 is 3.00 bits per heavy atom. The van der Waals surface area contributed by atoms with Crippen molar-refractivity contribution in [3.05, 3.63) is 41.8 Å². The fourth-order valence-electron chi connectivity index (χ4n) is 2.09. The Labute approximate surface area is 112 Å². The van der Waals surface area contributed by atoms with Gasteiger partial charge in [-0.25, -0.2) is 4.98 Å². The Hall–Kier alpha value is -2.47. The van der Waals surface area contributed by atoms with Gasteiger partial charge < -0.3 is 0 Å². The summed E-state index contributed by atoms with van der Waals surface area (Å²) in [5, 5.41) is 16.8. The van der Waals surface area contributed by atoms with Gasteiger partial charge >= 0.3 is 0 Å². The standard InChI is InChI=1S/C12H7ClN6/c13-10-12-18-17-11(19(12)6-5-14-10)9-7-3-1-2-4-8(7)15-16-9/h1-6H,(H,15,16). The molecule has 0 atom stereocenters. The van der Waals surface area contributed by atoms with Gasteiger partial charge in [-0.3, -0.25) is 9.50 Å². The molecule has 0 saturated carbocycles. The third-order valence-corrected chi connectivity index (χ3v) is 3.23. The van der Waals surface area contributed by atoms with Crippen LogP contribution in [0.15, 0.2) is 36.7 Å².